The molecule has 0 amide bonds. The van der Waals surface area contributed by atoms with E-state index in [1.807, 2.05) is 24.3 Å². The molecule has 0 aliphatic carbocycles. The largest absolute Gasteiger partial charge is 0.311 e. The first-order valence-electron chi connectivity index (χ1n) is 6.71. The predicted molar refractivity (Wildman–Crippen MR) is 76.5 cm³/mol. The third kappa shape index (κ3) is 2.50. The Morgan fingerprint density at radius 1 is 1.15 bits per heavy atom. The van der Waals surface area contributed by atoms with Gasteiger partial charge >= 0.3 is 0 Å². The number of aromatic nitrogens is 5. The summed E-state index contributed by atoms with van der Waals surface area (Å²) in [6, 6.07) is 7.79. The summed E-state index contributed by atoms with van der Waals surface area (Å²) in [4.78, 5) is 8.81. The molecule has 102 valence electrons. The number of rotatable bonds is 5. The number of para-hydroxylation sites is 1. The van der Waals surface area contributed by atoms with Gasteiger partial charge in [-0.1, -0.05) is 24.3 Å². The normalized spacial score (nSPS) is 11.1. The van der Waals surface area contributed by atoms with E-state index in [-0.39, 0.29) is 0 Å². The van der Waals surface area contributed by atoms with Gasteiger partial charge in [0, 0.05) is 6.54 Å². The Labute approximate surface area is 116 Å². The fourth-order valence-corrected chi connectivity index (χ4v) is 1.98. The summed E-state index contributed by atoms with van der Waals surface area (Å²) in [5, 5.41) is 11.5. The standard InChI is InChI=1S/C14H16N6/c1-2-7-15-8-11-9-17-14(10-16-11)20-13-6-4-3-5-12(13)18-19-20/h3-6,9-10,15H,2,7-8H2,1H3. The number of hydrogen-bond donors (Lipinski definition) is 1. The van der Waals surface area contributed by atoms with Crippen molar-refractivity contribution >= 4 is 11.0 Å². The summed E-state index contributed by atoms with van der Waals surface area (Å²) in [6.07, 6.45) is 4.61. The Bertz CT molecular complexity index is 688. The Hall–Kier alpha value is -2.34. The molecule has 0 atom stereocenters. The highest BCUT2D eigenvalue weighted by atomic mass is 15.4. The van der Waals surface area contributed by atoms with Crippen molar-refractivity contribution in [2.75, 3.05) is 6.54 Å². The molecule has 0 fully saturated rings. The molecule has 0 radical (unpaired) electrons. The van der Waals surface area contributed by atoms with Crippen LogP contribution >= 0.6 is 0 Å². The maximum atomic E-state index is 4.41. The summed E-state index contributed by atoms with van der Waals surface area (Å²) in [5.74, 6) is 0.679. The lowest BCUT2D eigenvalue weighted by Gasteiger charge is -2.04. The molecule has 2 heterocycles. The van der Waals surface area contributed by atoms with E-state index in [2.05, 4.69) is 32.5 Å². The van der Waals surface area contributed by atoms with Crippen LogP contribution < -0.4 is 5.32 Å². The molecule has 20 heavy (non-hydrogen) atoms. The Balaban J connectivity index is 1.84. The van der Waals surface area contributed by atoms with Crippen LogP contribution in [0.15, 0.2) is 36.7 Å². The molecule has 0 saturated heterocycles. The van der Waals surface area contributed by atoms with Gasteiger partial charge < -0.3 is 5.32 Å². The van der Waals surface area contributed by atoms with E-state index in [9.17, 15) is 0 Å². The lowest BCUT2D eigenvalue weighted by molar-refractivity contribution is 0.660. The fourth-order valence-electron chi connectivity index (χ4n) is 1.98. The molecule has 0 unspecified atom stereocenters. The smallest absolute Gasteiger partial charge is 0.174 e. The van der Waals surface area contributed by atoms with E-state index in [1.165, 1.54) is 0 Å². The Kier molecular flexibility index (Phi) is 3.64. The molecule has 3 aromatic rings. The summed E-state index contributed by atoms with van der Waals surface area (Å²) in [6.45, 7) is 3.86. The highest BCUT2D eigenvalue weighted by molar-refractivity contribution is 5.75. The Morgan fingerprint density at radius 3 is 2.85 bits per heavy atom. The molecule has 0 bridgehead atoms. The lowest BCUT2D eigenvalue weighted by atomic mass is 10.3. The summed E-state index contributed by atoms with van der Waals surface area (Å²) >= 11 is 0. The minimum absolute atomic E-state index is 0.679. The summed E-state index contributed by atoms with van der Waals surface area (Å²) in [5.41, 5.74) is 2.70. The van der Waals surface area contributed by atoms with E-state index in [0.29, 0.717) is 5.82 Å². The molecule has 6 nitrogen and oxygen atoms in total. The van der Waals surface area contributed by atoms with Gasteiger partial charge in [0.1, 0.15) is 5.52 Å². The van der Waals surface area contributed by atoms with E-state index in [4.69, 9.17) is 0 Å². The van der Waals surface area contributed by atoms with Gasteiger partial charge in [-0.05, 0) is 25.1 Å². The van der Waals surface area contributed by atoms with E-state index in [1.54, 1.807) is 17.1 Å². The second-order valence-electron chi connectivity index (χ2n) is 4.53. The third-order valence-corrected chi connectivity index (χ3v) is 2.99. The third-order valence-electron chi connectivity index (χ3n) is 2.99. The van der Waals surface area contributed by atoms with Crippen molar-refractivity contribution in [3.05, 3.63) is 42.4 Å². The average molecular weight is 268 g/mol. The minimum atomic E-state index is 0.679. The van der Waals surface area contributed by atoms with Crippen molar-refractivity contribution in [1.29, 1.82) is 0 Å². The zero-order chi connectivity index (χ0) is 13.8. The molecular formula is C14H16N6. The molecule has 0 saturated carbocycles. The number of benzene rings is 1. The Morgan fingerprint density at radius 2 is 2.05 bits per heavy atom. The van der Waals surface area contributed by atoms with Gasteiger partial charge in [-0.25, -0.2) is 4.98 Å². The van der Waals surface area contributed by atoms with Crippen LogP contribution in [0.2, 0.25) is 0 Å². The van der Waals surface area contributed by atoms with Crippen LogP contribution in [0.4, 0.5) is 0 Å². The zero-order valence-corrected chi connectivity index (χ0v) is 11.3. The summed E-state index contributed by atoms with van der Waals surface area (Å²) < 4.78 is 1.70. The molecule has 2 aromatic heterocycles. The number of nitrogens with one attached hydrogen (secondary N) is 1. The van der Waals surface area contributed by atoms with Gasteiger partial charge in [-0.2, -0.15) is 4.68 Å². The van der Waals surface area contributed by atoms with E-state index in [0.717, 1.165) is 36.2 Å². The van der Waals surface area contributed by atoms with Crippen molar-refractivity contribution < 1.29 is 0 Å². The number of hydrogen-bond acceptors (Lipinski definition) is 5. The van der Waals surface area contributed by atoms with Crippen LogP contribution in [0.25, 0.3) is 16.9 Å². The molecule has 0 aliphatic heterocycles. The first kappa shape index (κ1) is 12.7. The maximum Gasteiger partial charge on any atom is 0.174 e. The van der Waals surface area contributed by atoms with Crippen LogP contribution in [0.5, 0.6) is 0 Å². The van der Waals surface area contributed by atoms with Crippen LogP contribution in [0.1, 0.15) is 19.0 Å². The van der Waals surface area contributed by atoms with Crippen molar-refractivity contribution in [3.63, 3.8) is 0 Å². The van der Waals surface area contributed by atoms with Crippen molar-refractivity contribution in [3.8, 4) is 5.82 Å². The average Bonchev–Trinajstić information content (AvgIpc) is 2.92. The van der Waals surface area contributed by atoms with Crippen LogP contribution in [-0.2, 0) is 6.54 Å². The van der Waals surface area contributed by atoms with Gasteiger partial charge in [0.05, 0.1) is 23.6 Å². The van der Waals surface area contributed by atoms with Crippen LogP contribution in [0, 0.1) is 0 Å². The zero-order valence-electron chi connectivity index (χ0n) is 11.3. The second kappa shape index (κ2) is 5.75. The fraction of sp³-hybridized carbons (Fsp3) is 0.286. The SMILES string of the molecule is CCCNCc1cnc(-n2nnc3ccccc32)cn1. The van der Waals surface area contributed by atoms with Crippen molar-refractivity contribution in [1.82, 2.24) is 30.3 Å². The lowest BCUT2D eigenvalue weighted by Crippen LogP contribution is -2.15. The van der Waals surface area contributed by atoms with Crippen molar-refractivity contribution in [2.45, 2.75) is 19.9 Å². The van der Waals surface area contributed by atoms with Gasteiger partial charge in [0.15, 0.2) is 5.82 Å². The van der Waals surface area contributed by atoms with Crippen LogP contribution in [0.3, 0.4) is 0 Å². The number of nitrogens with zero attached hydrogens (tertiary/aromatic N) is 5. The molecule has 1 aromatic carbocycles. The molecule has 3 rings (SSSR count). The molecular weight excluding hydrogens is 252 g/mol. The van der Waals surface area contributed by atoms with Gasteiger partial charge in [0.25, 0.3) is 0 Å². The second-order valence-corrected chi connectivity index (χ2v) is 4.53. The molecule has 0 aliphatic rings. The van der Waals surface area contributed by atoms with Gasteiger partial charge in [-0.3, -0.25) is 4.98 Å². The molecule has 1 N–H and O–H groups in total. The van der Waals surface area contributed by atoms with Crippen LogP contribution in [-0.4, -0.2) is 31.5 Å². The minimum Gasteiger partial charge on any atom is -0.311 e. The quantitative estimate of drug-likeness (QED) is 0.713. The number of fused-ring (bicyclic) bond motifs is 1. The van der Waals surface area contributed by atoms with Crippen molar-refractivity contribution in [2.24, 2.45) is 0 Å². The highest BCUT2D eigenvalue weighted by Gasteiger charge is 2.07. The van der Waals surface area contributed by atoms with E-state index >= 15 is 0 Å². The van der Waals surface area contributed by atoms with Gasteiger partial charge in [0.2, 0.25) is 0 Å². The summed E-state index contributed by atoms with van der Waals surface area (Å²) in [7, 11) is 0. The molecule has 6 heteroatoms. The topological polar surface area (TPSA) is 68.5 Å². The highest BCUT2D eigenvalue weighted by Crippen LogP contribution is 2.13. The monoisotopic (exact) mass is 268 g/mol. The maximum absolute atomic E-state index is 4.41. The first-order valence-corrected chi connectivity index (χ1v) is 6.71. The predicted octanol–water partition coefficient (Wildman–Crippen LogP) is 1.71. The molecule has 0 spiro atoms. The van der Waals surface area contributed by atoms with E-state index < -0.39 is 0 Å². The first-order chi connectivity index (χ1) is 9.88. The van der Waals surface area contributed by atoms with Gasteiger partial charge in [-0.15, -0.1) is 5.10 Å².